The second kappa shape index (κ2) is 8.48. The van der Waals surface area contributed by atoms with Gasteiger partial charge in [0.15, 0.2) is 0 Å². The Morgan fingerprint density at radius 3 is 2.21 bits per heavy atom. The lowest BCUT2D eigenvalue weighted by molar-refractivity contribution is -0.137. The first-order valence-electron chi connectivity index (χ1n) is 10.8. The van der Waals surface area contributed by atoms with Gasteiger partial charge in [-0.25, -0.2) is 0 Å². The van der Waals surface area contributed by atoms with Gasteiger partial charge in [-0.15, -0.1) is 0 Å². The summed E-state index contributed by atoms with van der Waals surface area (Å²) in [5.41, 5.74) is 6.44. The van der Waals surface area contributed by atoms with E-state index >= 15 is 0 Å². The molecule has 148 valence electrons. The zero-order chi connectivity index (χ0) is 19.5. The molecule has 2 aliphatic rings. The molecule has 28 heavy (non-hydrogen) atoms. The van der Waals surface area contributed by atoms with Crippen LogP contribution in [0, 0.1) is 13.8 Å². The van der Waals surface area contributed by atoms with Crippen LogP contribution in [0.15, 0.2) is 42.5 Å². The van der Waals surface area contributed by atoms with Crippen molar-refractivity contribution >= 4 is 5.91 Å². The molecule has 4 rings (SSSR count). The SMILES string of the molecule is Cc1cc(C)cc(-c2ccc(CN3CCCC3C(=O)N3CCCCC3)cc2)c1. The van der Waals surface area contributed by atoms with Gasteiger partial charge in [-0.1, -0.05) is 53.6 Å². The summed E-state index contributed by atoms with van der Waals surface area (Å²) in [6.45, 7) is 8.11. The second-order valence-electron chi connectivity index (χ2n) is 8.59. The average molecular weight is 377 g/mol. The number of nitrogens with zero attached hydrogens (tertiary/aromatic N) is 2. The first-order valence-corrected chi connectivity index (χ1v) is 10.8. The van der Waals surface area contributed by atoms with Crippen molar-refractivity contribution in [2.24, 2.45) is 0 Å². The summed E-state index contributed by atoms with van der Waals surface area (Å²) in [4.78, 5) is 17.5. The molecule has 2 saturated heterocycles. The highest BCUT2D eigenvalue weighted by Gasteiger charge is 2.33. The molecule has 0 bridgehead atoms. The first kappa shape index (κ1) is 19.2. The number of rotatable bonds is 4. The van der Waals surface area contributed by atoms with Gasteiger partial charge in [0.05, 0.1) is 6.04 Å². The summed E-state index contributed by atoms with van der Waals surface area (Å²) >= 11 is 0. The molecule has 2 fully saturated rings. The van der Waals surface area contributed by atoms with Crippen LogP contribution in [0.2, 0.25) is 0 Å². The molecular formula is C25H32N2O. The smallest absolute Gasteiger partial charge is 0.239 e. The summed E-state index contributed by atoms with van der Waals surface area (Å²) in [6.07, 6.45) is 5.74. The lowest BCUT2D eigenvalue weighted by Gasteiger charge is -2.32. The molecule has 2 aromatic rings. The van der Waals surface area contributed by atoms with Crippen molar-refractivity contribution in [1.82, 2.24) is 9.80 Å². The summed E-state index contributed by atoms with van der Waals surface area (Å²) < 4.78 is 0. The van der Waals surface area contributed by atoms with E-state index in [2.05, 4.69) is 66.1 Å². The van der Waals surface area contributed by atoms with Crippen molar-refractivity contribution in [3.8, 4) is 11.1 Å². The highest BCUT2D eigenvalue weighted by atomic mass is 16.2. The minimum Gasteiger partial charge on any atom is -0.341 e. The Hall–Kier alpha value is -2.13. The first-order chi connectivity index (χ1) is 13.6. The van der Waals surface area contributed by atoms with Crippen LogP contribution in [-0.4, -0.2) is 41.4 Å². The second-order valence-corrected chi connectivity index (χ2v) is 8.59. The van der Waals surface area contributed by atoms with Crippen LogP contribution in [0.25, 0.3) is 11.1 Å². The topological polar surface area (TPSA) is 23.6 Å². The van der Waals surface area contributed by atoms with E-state index < -0.39 is 0 Å². The number of hydrogen-bond acceptors (Lipinski definition) is 2. The molecule has 2 heterocycles. The van der Waals surface area contributed by atoms with E-state index in [-0.39, 0.29) is 6.04 Å². The molecule has 1 amide bonds. The fraction of sp³-hybridized carbons (Fsp3) is 0.480. The zero-order valence-corrected chi connectivity index (χ0v) is 17.3. The molecule has 3 nitrogen and oxygen atoms in total. The van der Waals surface area contributed by atoms with Gasteiger partial charge in [0.2, 0.25) is 5.91 Å². The lowest BCUT2D eigenvalue weighted by atomic mass is 9.99. The average Bonchev–Trinajstić information content (AvgIpc) is 3.16. The van der Waals surface area contributed by atoms with Crippen LogP contribution >= 0.6 is 0 Å². The predicted octanol–water partition coefficient (Wildman–Crippen LogP) is 4.95. The highest BCUT2D eigenvalue weighted by molar-refractivity contribution is 5.82. The third-order valence-corrected chi connectivity index (χ3v) is 6.21. The third-order valence-electron chi connectivity index (χ3n) is 6.21. The van der Waals surface area contributed by atoms with E-state index in [1.54, 1.807) is 0 Å². The van der Waals surface area contributed by atoms with E-state index in [9.17, 15) is 4.79 Å². The van der Waals surface area contributed by atoms with Gasteiger partial charge in [0, 0.05) is 19.6 Å². The molecule has 1 unspecified atom stereocenters. The van der Waals surface area contributed by atoms with Crippen LogP contribution in [0.4, 0.5) is 0 Å². The maximum Gasteiger partial charge on any atom is 0.239 e. The van der Waals surface area contributed by atoms with Crippen LogP contribution in [0.1, 0.15) is 48.8 Å². The number of benzene rings is 2. The monoisotopic (exact) mass is 376 g/mol. The van der Waals surface area contributed by atoms with Gasteiger partial charge < -0.3 is 4.90 Å². The number of carbonyl (C=O) groups is 1. The fourth-order valence-electron chi connectivity index (χ4n) is 4.80. The van der Waals surface area contributed by atoms with Gasteiger partial charge in [0.1, 0.15) is 0 Å². The molecule has 0 N–H and O–H groups in total. The summed E-state index contributed by atoms with van der Waals surface area (Å²) in [5, 5.41) is 0. The standard InChI is InChI=1S/C25H32N2O/c1-19-15-20(2)17-23(16-19)22-10-8-21(9-11-22)18-27-14-6-7-24(27)25(28)26-12-4-3-5-13-26/h8-11,15-17,24H,3-7,12-14,18H2,1-2H3. The molecule has 0 radical (unpaired) electrons. The van der Waals surface area contributed by atoms with Gasteiger partial charge in [-0.05, 0) is 69.2 Å². The Morgan fingerprint density at radius 1 is 0.857 bits per heavy atom. The van der Waals surface area contributed by atoms with Crippen molar-refractivity contribution < 1.29 is 4.79 Å². The number of amides is 1. The molecule has 0 aromatic heterocycles. The van der Waals surface area contributed by atoms with E-state index in [1.807, 2.05) is 0 Å². The molecule has 1 atom stereocenters. The molecule has 0 aliphatic carbocycles. The fourth-order valence-corrected chi connectivity index (χ4v) is 4.80. The third kappa shape index (κ3) is 4.30. The van der Waals surface area contributed by atoms with Crippen molar-refractivity contribution in [1.29, 1.82) is 0 Å². The lowest BCUT2D eigenvalue weighted by Crippen LogP contribution is -2.47. The Morgan fingerprint density at radius 2 is 1.54 bits per heavy atom. The van der Waals surface area contributed by atoms with Crippen molar-refractivity contribution in [3.05, 3.63) is 59.2 Å². The predicted molar refractivity (Wildman–Crippen MR) is 115 cm³/mol. The maximum absolute atomic E-state index is 13.0. The van der Waals surface area contributed by atoms with E-state index in [4.69, 9.17) is 0 Å². The van der Waals surface area contributed by atoms with Gasteiger partial charge in [-0.2, -0.15) is 0 Å². The maximum atomic E-state index is 13.0. The van der Waals surface area contributed by atoms with Gasteiger partial charge >= 0.3 is 0 Å². The van der Waals surface area contributed by atoms with Crippen LogP contribution in [0.5, 0.6) is 0 Å². The molecule has 0 saturated carbocycles. The highest BCUT2D eigenvalue weighted by Crippen LogP contribution is 2.26. The molecule has 2 aliphatic heterocycles. The van der Waals surface area contributed by atoms with Crippen LogP contribution in [0.3, 0.4) is 0 Å². The van der Waals surface area contributed by atoms with E-state index in [0.29, 0.717) is 5.91 Å². The summed E-state index contributed by atoms with van der Waals surface area (Å²) in [7, 11) is 0. The number of hydrogen-bond donors (Lipinski definition) is 0. The van der Waals surface area contributed by atoms with Crippen LogP contribution in [-0.2, 0) is 11.3 Å². The Kier molecular flexibility index (Phi) is 5.82. The van der Waals surface area contributed by atoms with Crippen LogP contribution < -0.4 is 0 Å². The molecule has 2 aromatic carbocycles. The minimum atomic E-state index is 0.0807. The normalized spacial score (nSPS) is 20.5. The summed E-state index contributed by atoms with van der Waals surface area (Å²) in [5.74, 6) is 0.365. The molecule has 3 heteroatoms. The Bertz CT molecular complexity index is 801. The van der Waals surface area contributed by atoms with E-state index in [1.165, 1.54) is 47.1 Å². The van der Waals surface area contributed by atoms with Crippen molar-refractivity contribution in [2.75, 3.05) is 19.6 Å². The number of likely N-dealkylation sites (tertiary alicyclic amines) is 2. The minimum absolute atomic E-state index is 0.0807. The number of piperidine rings is 1. The van der Waals surface area contributed by atoms with Crippen molar-refractivity contribution in [3.63, 3.8) is 0 Å². The number of carbonyl (C=O) groups excluding carboxylic acids is 1. The molecular weight excluding hydrogens is 344 g/mol. The Labute approximate surface area is 169 Å². The zero-order valence-electron chi connectivity index (χ0n) is 17.3. The van der Waals surface area contributed by atoms with Gasteiger partial charge in [0.25, 0.3) is 0 Å². The quantitative estimate of drug-likeness (QED) is 0.754. The van der Waals surface area contributed by atoms with Gasteiger partial charge in [-0.3, -0.25) is 9.69 Å². The Balaban J connectivity index is 1.44. The van der Waals surface area contributed by atoms with Crippen molar-refractivity contribution in [2.45, 2.75) is 58.5 Å². The molecule has 0 spiro atoms. The summed E-state index contributed by atoms with van der Waals surface area (Å²) in [6, 6.07) is 15.7. The van der Waals surface area contributed by atoms with E-state index in [0.717, 1.165) is 39.0 Å². The largest absolute Gasteiger partial charge is 0.341 e. The number of aryl methyl sites for hydroxylation is 2.